The van der Waals surface area contributed by atoms with Crippen LogP contribution in [0.25, 0.3) is 11.1 Å². The van der Waals surface area contributed by atoms with Crippen molar-refractivity contribution >= 4 is 0 Å². The molecule has 0 saturated heterocycles. The monoisotopic (exact) mass is 199 g/mol. The van der Waals surface area contributed by atoms with Crippen molar-refractivity contribution in [1.82, 2.24) is 4.98 Å². The number of rotatable bonds is 2. The Balaban J connectivity index is 2.42. The average Bonchev–Trinajstić information content (AvgIpc) is 2.30. The highest BCUT2D eigenvalue weighted by Gasteiger charge is 2.00. The van der Waals surface area contributed by atoms with Crippen molar-refractivity contribution in [3.05, 3.63) is 48.3 Å². The molecule has 0 saturated carbocycles. The molecule has 0 spiro atoms. The van der Waals surface area contributed by atoms with Crippen molar-refractivity contribution in [1.29, 1.82) is 0 Å². The van der Waals surface area contributed by atoms with E-state index in [1.807, 2.05) is 30.6 Å². The molecule has 1 aromatic carbocycles. The van der Waals surface area contributed by atoms with Crippen LogP contribution in [-0.4, -0.2) is 12.1 Å². The molecule has 76 valence electrons. The number of ether oxygens (including phenoxy) is 1. The molecule has 1 heterocycles. The molecule has 0 bridgehead atoms. The van der Waals surface area contributed by atoms with Gasteiger partial charge in [0.2, 0.25) is 0 Å². The van der Waals surface area contributed by atoms with Crippen LogP contribution in [0.5, 0.6) is 5.75 Å². The largest absolute Gasteiger partial charge is 0.497 e. The molecule has 2 rings (SSSR count). The lowest BCUT2D eigenvalue weighted by Gasteiger charge is -2.06. The van der Waals surface area contributed by atoms with Gasteiger partial charge in [-0.15, -0.1) is 0 Å². The quantitative estimate of drug-likeness (QED) is 0.741. The van der Waals surface area contributed by atoms with Gasteiger partial charge in [-0.1, -0.05) is 12.1 Å². The van der Waals surface area contributed by atoms with E-state index in [1.54, 1.807) is 7.11 Å². The highest BCUT2D eigenvalue weighted by atomic mass is 16.5. The van der Waals surface area contributed by atoms with E-state index in [0.717, 1.165) is 5.75 Å². The molecule has 0 fully saturated rings. The summed E-state index contributed by atoms with van der Waals surface area (Å²) in [5.74, 6) is 0.880. The maximum absolute atomic E-state index is 5.12. The van der Waals surface area contributed by atoms with Crippen LogP contribution in [0.4, 0.5) is 0 Å². The van der Waals surface area contributed by atoms with Crippen LogP contribution in [0.15, 0.2) is 42.7 Å². The summed E-state index contributed by atoms with van der Waals surface area (Å²) in [6.45, 7) is 2.06. The Morgan fingerprint density at radius 1 is 1.07 bits per heavy atom. The number of nitrogens with zero attached hydrogens (tertiary/aromatic N) is 1. The van der Waals surface area contributed by atoms with Gasteiger partial charge < -0.3 is 4.74 Å². The number of aromatic nitrogens is 1. The normalized spacial score (nSPS) is 10.0. The molecule has 0 aliphatic heterocycles. The van der Waals surface area contributed by atoms with Gasteiger partial charge in [-0.2, -0.15) is 0 Å². The van der Waals surface area contributed by atoms with Gasteiger partial charge in [-0.3, -0.25) is 4.98 Å². The highest BCUT2D eigenvalue weighted by molar-refractivity contribution is 5.66. The number of hydrogen-bond acceptors (Lipinski definition) is 2. The van der Waals surface area contributed by atoms with Crippen molar-refractivity contribution in [2.24, 2.45) is 0 Å². The first-order chi connectivity index (χ1) is 7.31. The summed E-state index contributed by atoms with van der Waals surface area (Å²) in [5, 5.41) is 0. The zero-order chi connectivity index (χ0) is 10.7. The van der Waals surface area contributed by atoms with E-state index in [-0.39, 0.29) is 0 Å². The molecule has 0 aliphatic carbocycles. The van der Waals surface area contributed by atoms with Crippen molar-refractivity contribution in [3.63, 3.8) is 0 Å². The van der Waals surface area contributed by atoms with Crippen LogP contribution in [0.3, 0.4) is 0 Å². The zero-order valence-electron chi connectivity index (χ0n) is 8.90. The standard InChI is InChI=1S/C13H13NO/c1-10-9-14-8-7-13(10)11-3-5-12(15-2)6-4-11/h3-9H,1-2H3. The van der Waals surface area contributed by atoms with Crippen LogP contribution >= 0.6 is 0 Å². The summed E-state index contributed by atoms with van der Waals surface area (Å²) in [6, 6.07) is 10.1. The van der Waals surface area contributed by atoms with Gasteiger partial charge in [0.1, 0.15) is 5.75 Å². The molecule has 1 aromatic heterocycles. The van der Waals surface area contributed by atoms with E-state index >= 15 is 0 Å². The molecule has 2 nitrogen and oxygen atoms in total. The number of methoxy groups -OCH3 is 1. The van der Waals surface area contributed by atoms with Gasteiger partial charge in [0, 0.05) is 12.4 Å². The van der Waals surface area contributed by atoms with Crippen molar-refractivity contribution in [3.8, 4) is 16.9 Å². The third kappa shape index (κ3) is 1.99. The smallest absolute Gasteiger partial charge is 0.118 e. The lowest BCUT2D eigenvalue weighted by atomic mass is 10.0. The van der Waals surface area contributed by atoms with E-state index in [9.17, 15) is 0 Å². The molecular weight excluding hydrogens is 186 g/mol. The summed E-state index contributed by atoms with van der Waals surface area (Å²) in [7, 11) is 1.67. The number of benzene rings is 1. The molecule has 0 radical (unpaired) electrons. The van der Waals surface area contributed by atoms with Crippen molar-refractivity contribution < 1.29 is 4.74 Å². The zero-order valence-corrected chi connectivity index (χ0v) is 8.90. The number of pyridine rings is 1. The Morgan fingerprint density at radius 3 is 2.40 bits per heavy atom. The fourth-order valence-corrected chi connectivity index (χ4v) is 1.57. The lowest BCUT2D eigenvalue weighted by Crippen LogP contribution is -1.85. The molecule has 0 unspecified atom stereocenters. The van der Waals surface area contributed by atoms with Crippen LogP contribution in [0, 0.1) is 6.92 Å². The van der Waals surface area contributed by atoms with E-state index < -0.39 is 0 Å². The Hall–Kier alpha value is -1.83. The number of hydrogen-bond donors (Lipinski definition) is 0. The predicted octanol–water partition coefficient (Wildman–Crippen LogP) is 3.07. The Kier molecular flexibility index (Phi) is 2.68. The molecule has 0 atom stereocenters. The SMILES string of the molecule is COc1ccc(-c2ccncc2C)cc1. The van der Waals surface area contributed by atoms with Gasteiger partial charge in [0.15, 0.2) is 0 Å². The average molecular weight is 199 g/mol. The van der Waals surface area contributed by atoms with Gasteiger partial charge in [-0.05, 0) is 41.8 Å². The third-order valence-electron chi connectivity index (χ3n) is 2.42. The number of aryl methyl sites for hydroxylation is 1. The van der Waals surface area contributed by atoms with Crippen molar-refractivity contribution in [2.75, 3.05) is 7.11 Å². The molecular formula is C13H13NO. The van der Waals surface area contributed by atoms with Crippen LogP contribution in [0.2, 0.25) is 0 Å². The summed E-state index contributed by atoms with van der Waals surface area (Å²) in [5.41, 5.74) is 3.59. The molecule has 0 aliphatic rings. The van der Waals surface area contributed by atoms with Crippen molar-refractivity contribution in [2.45, 2.75) is 6.92 Å². The van der Waals surface area contributed by atoms with Crippen LogP contribution < -0.4 is 4.74 Å². The topological polar surface area (TPSA) is 22.1 Å². The van der Waals surface area contributed by atoms with E-state index in [4.69, 9.17) is 4.74 Å². The van der Waals surface area contributed by atoms with Crippen LogP contribution in [-0.2, 0) is 0 Å². The van der Waals surface area contributed by atoms with Gasteiger partial charge in [0.25, 0.3) is 0 Å². The molecule has 0 amide bonds. The second-order valence-corrected chi connectivity index (χ2v) is 3.42. The summed E-state index contributed by atoms with van der Waals surface area (Å²) < 4.78 is 5.12. The lowest BCUT2D eigenvalue weighted by molar-refractivity contribution is 0.415. The fourth-order valence-electron chi connectivity index (χ4n) is 1.57. The summed E-state index contributed by atoms with van der Waals surface area (Å²) >= 11 is 0. The summed E-state index contributed by atoms with van der Waals surface area (Å²) in [6.07, 6.45) is 3.69. The van der Waals surface area contributed by atoms with Gasteiger partial charge >= 0.3 is 0 Å². The molecule has 0 N–H and O–H groups in total. The fraction of sp³-hybridized carbons (Fsp3) is 0.154. The first-order valence-corrected chi connectivity index (χ1v) is 4.86. The summed E-state index contributed by atoms with van der Waals surface area (Å²) in [4.78, 5) is 4.08. The third-order valence-corrected chi connectivity index (χ3v) is 2.42. The highest BCUT2D eigenvalue weighted by Crippen LogP contribution is 2.24. The minimum absolute atomic E-state index is 0.880. The second kappa shape index (κ2) is 4.13. The van der Waals surface area contributed by atoms with Crippen LogP contribution in [0.1, 0.15) is 5.56 Å². The van der Waals surface area contributed by atoms with Gasteiger partial charge in [0.05, 0.1) is 7.11 Å². The first-order valence-electron chi connectivity index (χ1n) is 4.86. The Morgan fingerprint density at radius 2 is 1.80 bits per heavy atom. The molecule has 15 heavy (non-hydrogen) atoms. The maximum atomic E-state index is 5.12. The molecule has 2 heteroatoms. The molecule has 2 aromatic rings. The Bertz CT molecular complexity index is 448. The van der Waals surface area contributed by atoms with E-state index in [0.29, 0.717) is 0 Å². The predicted molar refractivity (Wildman–Crippen MR) is 61.0 cm³/mol. The van der Waals surface area contributed by atoms with E-state index in [2.05, 4.69) is 24.0 Å². The minimum Gasteiger partial charge on any atom is -0.497 e. The Labute approximate surface area is 89.6 Å². The second-order valence-electron chi connectivity index (χ2n) is 3.42. The minimum atomic E-state index is 0.880. The first kappa shape index (κ1) is 9.71. The van der Waals surface area contributed by atoms with E-state index in [1.165, 1.54) is 16.7 Å². The maximum Gasteiger partial charge on any atom is 0.118 e. The van der Waals surface area contributed by atoms with Gasteiger partial charge in [-0.25, -0.2) is 0 Å².